The minimum Gasteiger partial charge on any atom is -0.308 e. The lowest BCUT2D eigenvalue weighted by Gasteiger charge is -2.22. The average molecular weight is 423 g/mol. The molecule has 0 aromatic carbocycles. The van der Waals surface area contributed by atoms with Crippen LogP contribution in [0, 0.1) is 5.92 Å². The molecule has 1 atom stereocenters. The number of carbonyl (C=O) groups excluding carboxylic acids is 1. The second kappa shape index (κ2) is 8.34. The molecule has 7 nitrogen and oxygen atoms in total. The fourth-order valence-electron chi connectivity index (χ4n) is 4.26. The first-order chi connectivity index (χ1) is 13.5. The van der Waals surface area contributed by atoms with Crippen molar-refractivity contribution in [1.82, 2.24) is 14.5 Å². The van der Waals surface area contributed by atoms with Crippen LogP contribution >= 0.6 is 11.3 Å². The van der Waals surface area contributed by atoms with Gasteiger partial charge in [0.1, 0.15) is 10.3 Å². The summed E-state index contributed by atoms with van der Waals surface area (Å²) in [5.74, 6) is 0.837. The Hall–Kier alpha value is -1.71. The molecular weight excluding hydrogens is 396 g/mol. The quantitative estimate of drug-likeness (QED) is 0.746. The van der Waals surface area contributed by atoms with Crippen molar-refractivity contribution < 1.29 is 13.2 Å². The Morgan fingerprint density at radius 2 is 2.07 bits per heavy atom. The molecule has 1 saturated heterocycles. The Balaban J connectivity index is 1.40. The van der Waals surface area contributed by atoms with Gasteiger partial charge in [-0.3, -0.25) is 9.89 Å². The van der Waals surface area contributed by atoms with Crippen molar-refractivity contribution in [2.75, 3.05) is 11.9 Å². The van der Waals surface area contributed by atoms with E-state index in [9.17, 15) is 13.2 Å². The van der Waals surface area contributed by atoms with Gasteiger partial charge < -0.3 is 5.32 Å². The molecule has 1 saturated carbocycles. The van der Waals surface area contributed by atoms with Crippen molar-refractivity contribution in [1.29, 1.82) is 0 Å². The van der Waals surface area contributed by atoms with E-state index in [0.717, 1.165) is 12.1 Å². The first-order valence-corrected chi connectivity index (χ1v) is 12.3. The molecule has 2 aromatic heterocycles. The molecule has 0 bridgehead atoms. The number of carbonyl (C=O) groups is 1. The van der Waals surface area contributed by atoms with Crippen molar-refractivity contribution in [3.8, 4) is 0 Å². The predicted octanol–water partition coefficient (Wildman–Crippen LogP) is 3.39. The van der Waals surface area contributed by atoms with E-state index in [2.05, 4.69) is 15.5 Å². The molecule has 2 aliphatic rings. The fourth-order valence-corrected chi connectivity index (χ4v) is 7.03. The predicted molar refractivity (Wildman–Crippen MR) is 109 cm³/mol. The van der Waals surface area contributed by atoms with Crippen molar-refractivity contribution in [2.24, 2.45) is 5.92 Å². The lowest BCUT2D eigenvalue weighted by molar-refractivity contribution is -0.119. The van der Waals surface area contributed by atoms with E-state index in [1.54, 1.807) is 17.5 Å². The largest absolute Gasteiger partial charge is 0.308 e. The van der Waals surface area contributed by atoms with E-state index >= 15 is 0 Å². The molecule has 1 amide bonds. The summed E-state index contributed by atoms with van der Waals surface area (Å²) in [4.78, 5) is 12.8. The van der Waals surface area contributed by atoms with Crippen LogP contribution in [0.1, 0.15) is 50.6 Å². The highest BCUT2D eigenvalue weighted by Gasteiger charge is 2.40. The van der Waals surface area contributed by atoms with Gasteiger partial charge in [-0.05, 0) is 36.6 Å². The molecular formula is C19H26N4O3S2. The fraction of sp³-hybridized carbons (Fsp3) is 0.579. The topological polar surface area (TPSA) is 95.2 Å². The van der Waals surface area contributed by atoms with Crippen LogP contribution in [-0.4, -0.2) is 41.4 Å². The van der Waals surface area contributed by atoms with Gasteiger partial charge in [0.25, 0.3) is 10.0 Å². The molecule has 1 unspecified atom stereocenters. The molecule has 1 aliphatic carbocycles. The maximum absolute atomic E-state index is 12.8. The van der Waals surface area contributed by atoms with Crippen LogP contribution in [0.25, 0.3) is 0 Å². The highest BCUT2D eigenvalue weighted by Crippen LogP contribution is 2.30. The maximum atomic E-state index is 12.8. The highest BCUT2D eigenvalue weighted by molar-refractivity contribution is 7.91. The van der Waals surface area contributed by atoms with Crippen LogP contribution < -0.4 is 5.32 Å². The number of aromatic nitrogens is 2. The van der Waals surface area contributed by atoms with Gasteiger partial charge in [-0.25, -0.2) is 8.42 Å². The zero-order valence-corrected chi connectivity index (χ0v) is 17.4. The van der Waals surface area contributed by atoms with Crippen LogP contribution in [-0.2, 0) is 21.2 Å². The van der Waals surface area contributed by atoms with E-state index in [-0.39, 0.29) is 10.1 Å². The summed E-state index contributed by atoms with van der Waals surface area (Å²) in [6, 6.07) is 4.48. The summed E-state index contributed by atoms with van der Waals surface area (Å²) < 4.78 is 27.2. The van der Waals surface area contributed by atoms with E-state index in [1.165, 1.54) is 47.7 Å². The molecule has 0 radical (unpaired) electrons. The van der Waals surface area contributed by atoms with E-state index in [4.69, 9.17) is 0 Å². The molecule has 0 spiro atoms. The number of aromatic amines is 1. The monoisotopic (exact) mass is 422 g/mol. The zero-order valence-electron chi connectivity index (χ0n) is 15.8. The number of rotatable bonds is 6. The minimum absolute atomic E-state index is 0.279. The molecule has 2 fully saturated rings. The van der Waals surface area contributed by atoms with Crippen molar-refractivity contribution >= 4 is 33.1 Å². The number of nitrogens with one attached hydrogen (secondary N) is 2. The van der Waals surface area contributed by atoms with Crippen LogP contribution in [0.5, 0.6) is 0 Å². The number of hydrogen-bond acceptors (Lipinski definition) is 5. The normalized spacial score (nSPS) is 21.8. The molecule has 2 N–H and O–H groups in total. The first-order valence-electron chi connectivity index (χ1n) is 9.94. The lowest BCUT2D eigenvalue weighted by atomic mass is 9.86. The maximum Gasteiger partial charge on any atom is 0.253 e. The molecule has 9 heteroatoms. The lowest BCUT2D eigenvalue weighted by Crippen LogP contribution is -2.42. The smallest absolute Gasteiger partial charge is 0.253 e. The second-order valence-electron chi connectivity index (χ2n) is 7.68. The molecule has 1 aliphatic heterocycles. The van der Waals surface area contributed by atoms with Gasteiger partial charge in [-0.2, -0.15) is 9.40 Å². The number of nitrogens with zero attached hydrogens (tertiary/aromatic N) is 2. The van der Waals surface area contributed by atoms with Gasteiger partial charge in [0.15, 0.2) is 5.82 Å². The zero-order chi connectivity index (χ0) is 19.6. The van der Waals surface area contributed by atoms with Gasteiger partial charge >= 0.3 is 0 Å². The van der Waals surface area contributed by atoms with Gasteiger partial charge in [-0.15, -0.1) is 11.3 Å². The SMILES string of the molecule is O=C(Nc1cc(CC2CCCCC2)[nH]n1)C1CCCN1S(=O)(=O)c1cccs1. The molecule has 2 aromatic rings. The third-order valence-electron chi connectivity index (χ3n) is 5.68. The van der Waals surface area contributed by atoms with Crippen molar-refractivity contribution in [3.63, 3.8) is 0 Å². The third-order valence-corrected chi connectivity index (χ3v) is 8.96. The van der Waals surface area contributed by atoms with Gasteiger partial charge in [-0.1, -0.05) is 38.2 Å². The van der Waals surface area contributed by atoms with Crippen LogP contribution in [0.4, 0.5) is 5.82 Å². The van der Waals surface area contributed by atoms with Gasteiger partial charge in [0.05, 0.1) is 0 Å². The summed E-state index contributed by atoms with van der Waals surface area (Å²) in [5, 5.41) is 11.8. The van der Waals surface area contributed by atoms with E-state index < -0.39 is 16.1 Å². The Morgan fingerprint density at radius 1 is 1.25 bits per heavy atom. The summed E-state index contributed by atoms with van der Waals surface area (Å²) >= 11 is 1.18. The van der Waals surface area contributed by atoms with Crippen molar-refractivity contribution in [2.45, 2.75) is 61.6 Å². The first kappa shape index (κ1) is 19.6. The Labute approximate surface area is 169 Å². The molecule has 28 heavy (non-hydrogen) atoms. The third kappa shape index (κ3) is 4.16. The second-order valence-corrected chi connectivity index (χ2v) is 10.7. The molecule has 152 valence electrons. The van der Waals surface area contributed by atoms with Crippen molar-refractivity contribution in [3.05, 3.63) is 29.3 Å². The summed E-state index contributed by atoms with van der Waals surface area (Å²) in [6.45, 7) is 0.367. The summed E-state index contributed by atoms with van der Waals surface area (Å²) in [7, 11) is -3.63. The Morgan fingerprint density at radius 3 is 2.82 bits per heavy atom. The number of anilines is 1. The van der Waals surface area contributed by atoms with Crippen LogP contribution in [0.15, 0.2) is 27.8 Å². The van der Waals surface area contributed by atoms with Gasteiger partial charge in [0.2, 0.25) is 5.91 Å². The molecule has 3 heterocycles. The number of hydrogen-bond donors (Lipinski definition) is 2. The van der Waals surface area contributed by atoms with E-state index in [0.29, 0.717) is 31.1 Å². The standard InChI is InChI=1S/C19H26N4O3S2/c24-19(16-8-4-10-23(16)28(25,26)18-9-5-11-27-18)20-17-13-15(21-22-17)12-14-6-2-1-3-7-14/h5,9,11,13-14,16H,1-4,6-8,10,12H2,(H2,20,21,22,24). The Bertz CT molecular complexity index is 902. The highest BCUT2D eigenvalue weighted by atomic mass is 32.2. The number of sulfonamides is 1. The van der Waals surface area contributed by atoms with Crippen LogP contribution in [0.2, 0.25) is 0 Å². The number of H-pyrrole nitrogens is 1. The van der Waals surface area contributed by atoms with E-state index in [1.807, 2.05) is 6.07 Å². The minimum atomic E-state index is -3.63. The van der Waals surface area contributed by atoms with Crippen LogP contribution in [0.3, 0.4) is 0 Å². The average Bonchev–Trinajstić information content (AvgIpc) is 3.44. The summed E-state index contributed by atoms with van der Waals surface area (Å²) in [6.07, 6.45) is 8.55. The number of thiophene rings is 1. The van der Waals surface area contributed by atoms with Gasteiger partial charge in [0, 0.05) is 18.3 Å². The summed E-state index contributed by atoms with van der Waals surface area (Å²) in [5.41, 5.74) is 1.02. The molecule has 4 rings (SSSR count). The Kier molecular flexibility index (Phi) is 5.84. The number of amides is 1.